The summed E-state index contributed by atoms with van der Waals surface area (Å²) in [5.41, 5.74) is 3.70. The van der Waals surface area contributed by atoms with Crippen LogP contribution < -0.4 is 9.47 Å². The van der Waals surface area contributed by atoms with Crippen LogP contribution in [0, 0.1) is 5.92 Å². The minimum absolute atomic E-state index is 0.594. The zero-order valence-corrected chi connectivity index (χ0v) is 19.3. The first-order valence-electron chi connectivity index (χ1n) is 11.1. The molecule has 1 aromatic carbocycles. The lowest BCUT2D eigenvalue weighted by Crippen LogP contribution is -2.46. The third-order valence-corrected chi connectivity index (χ3v) is 6.00. The number of piperidine rings is 1. The van der Waals surface area contributed by atoms with Crippen molar-refractivity contribution in [2.45, 2.75) is 52.1 Å². The van der Waals surface area contributed by atoms with Crippen molar-refractivity contribution in [1.82, 2.24) is 20.0 Å². The Morgan fingerprint density at radius 2 is 2.00 bits per heavy atom. The fourth-order valence-corrected chi connectivity index (χ4v) is 4.31. The Bertz CT molecular complexity index is 789. The Morgan fingerprint density at radius 3 is 2.73 bits per heavy atom. The lowest BCUT2D eigenvalue weighted by molar-refractivity contribution is 0.111. The third kappa shape index (κ3) is 6.22. The molecule has 1 aromatic heterocycles. The topological polar surface area (TPSA) is 53.6 Å². The van der Waals surface area contributed by atoms with Crippen LogP contribution in [0.5, 0.6) is 11.5 Å². The van der Waals surface area contributed by atoms with Gasteiger partial charge in [0.15, 0.2) is 11.5 Å². The van der Waals surface area contributed by atoms with Crippen LogP contribution in [0.1, 0.15) is 43.6 Å². The molecule has 0 amide bonds. The Kier molecular flexibility index (Phi) is 8.16. The summed E-state index contributed by atoms with van der Waals surface area (Å²) in [6, 6.07) is 9.05. The average molecular weight is 415 g/mol. The number of aromatic amines is 1. The van der Waals surface area contributed by atoms with Crippen molar-refractivity contribution in [3.05, 3.63) is 41.2 Å². The van der Waals surface area contributed by atoms with Crippen molar-refractivity contribution >= 4 is 0 Å². The van der Waals surface area contributed by atoms with Gasteiger partial charge in [-0.25, -0.2) is 0 Å². The molecule has 0 spiro atoms. The fourth-order valence-electron chi connectivity index (χ4n) is 4.31. The van der Waals surface area contributed by atoms with Crippen LogP contribution in [0.25, 0.3) is 0 Å². The van der Waals surface area contributed by atoms with Crippen molar-refractivity contribution in [1.29, 1.82) is 0 Å². The molecular weight excluding hydrogens is 376 g/mol. The van der Waals surface area contributed by atoms with Crippen LogP contribution >= 0.6 is 0 Å². The standard InChI is InChI=1S/C24H38N4O2/c1-18(2)13-20-15-21(26-25-20)16-28-11-6-7-22(17-28)27(3)12-10-19-8-9-23(29-4)24(14-19)30-5/h8-9,14-15,18,22H,6-7,10-13,16-17H2,1-5H3,(H,25,26). The maximum Gasteiger partial charge on any atom is 0.160 e. The highest BCUT2D eigenvalue weighted by atomic mass is 16.5. The van der Waals surface area contributed by atoms with Gasteiger partial charge in [-0.15, -0.1) is 0 Å². The molecular formula is C24H38N4O2. The lowest BCUT2D eigenvalue weighted by atomic mass is 10.0. The number of likely N-dealkylation sites (tertiary alicyclic amines) is 1. The number of ether oxygens (including phenoxy) is 2. The normalized spacial score (nSPS) is 17.6. The number of methoxy groups -OCH3 is 2. The molecule has 1 atom stereocenters. The first-order chi connectivity index (χ1) is 14.5. The molecule has 1 unspecified atom stereocenters. The zero-order chi connectivity index (χ0) is 21.5. The average Bonchev–Trinajstić information content (AvgIpc) is 3.17. The second kappa shape index (κ2) is 10.8. The summed E-state index contributed by atoms with van der Waals surface area (Å²) in [6.45, 7) is 8.75. The molecule has 30 heavy (non-hydrogen) atoms. The Balaban J connectivity index is 1.50. The molecule has 1 aliphatic heterocycles. The van der Waals surface area contributed by atoms with E-state index < -0.39 is 0 Å². The largest absolute Gasteiger partial charge is 0.493 e. The van der Waals surface area contributed by atoms with Gasteiger partial charge in [-0.2, -0.15) is 5.10 Å². The molecule has 3 rings (SSSR count). The van der Waals surface area contributed by atoms with E-state index in [9.17, 15) is 0 Å². The second-order valence-corrected chi connectivity index (χ2v) is 8.93. The quantitative estimate of drug-likeness (QED) is 0.641. The van der Waals surface area contributed by atoms with Crippen molar-refractivity contribution < 1.29 is 9.47 Å². The molecule has 0 radical (unpaired) electrons. The predicted octanol–water partition coefficient (Wildman–Crippen LogP) is 3.76. The molecule has 0 aliphatic carbocycles. The molecule has 6 nitrogen and oxygen atoms in total. The van der Waals surface area contributed by atoms with Crippen LogP contribution in [-0.4, -0.2) is 66.9 Å². The van der Waals surface area contributed by atoms with Gasteiger partial charge in [-0.3, -0.25) is 10.00 Å². The summed E-state index contributed by atoms with van der Waals surface area (Å²) in [5, 5.41) is 7.73. The van der Waals surface area contributed by atoms with Gasteiger partial charge in [0, 0.05) is 31.4 Å². The van der Waals surface area contributed by atoms with Gasteiger partial charge in [0.05, 0.1) is 19.9 Å². The van der Waals surface area contributed by atoms with E-state index in [0.717, 1.165) is 44.0 Å². The van der Waals surface area contributed by atoms with E-state index in [1.807, 2.05) is 6.07 Å². The van der Waals surface area contributed by atoms with Crippen LogP contribution in [0.4, 0.5) is 0 Å². The van der Waals surface area contributed by atoms with Crippen LogP contribution in [0.3, 0.4) is 0 Å². The molecule has 0 saturated carbocycles. The first kappa shape index (κ1) is 22.6. The van der Waals surface area contributed by atoms with Crippen molar-refractivity contribution in [3.63, 3.8) is 0 Å². The molecule has 2 aromatic rings. The predicted molar refractivity (Wildman–Crippen MR) is 121 cm³/mol. The van der Waals surface area contributed by atoms with Crippen molar-refractivity contribution in [3.8, 4) is 11.5 Å². The van der Waals surface area contributed by atoms with Crippen LogP contribution in [-0.2, 0) is 19.4 Å². The molecule has 1 aliphatic rings. The molecule has 166 valence electrons. The molecule has 6 heteroatoms. The first-order valence-corrected chi connectivity index (χ1v) is 11.1. The van der Waals surface area contributed by atoms with E-state index in [1.165, 1.54) is 36.3 Å². The number of rotatable bonds is 10. The fraction of sp³-hybridized carbons (Fsp3) is 0.625. The van der Waals surface area contributed by atoms with E-state index in [2.05, 4.69) is 59.1 Å². The SMILES string of the molecule is COc1ccc(CCN(C)C2CCCN(Cc3cc(CC(C)C)n[nH]3)C2)cc1OC. The smallest absolute Gasteiger partial charge is 0.160 e. The number of likely N-dealkylation sites (N-methyl/N-ethyl adjacent to an activating group) is 1. The summed E-state index contributed by atoms with van der Waals surface area (Å²) >= 11 is 0. The maximum absolute atomic E-state index is 5.44. The minimum Gasteiger partial charge on any atom is -0.493 e. The number of hydrogen-bond donors (Lipinski definition) is 1. The van der Waals surface area contributed by atoms with Crippen LogP contribution in [0.15, 0.2) is 24.3 Å². The van der Waals surface area contributed by atoms with Gasteiger partial charge in [-0.1, -0.05) is 19.9 Å². The summed E-state index contributed by atoms with van der Waals surface area (Å²) in [7, 11) is 5.62. The van der Waals surface area contributed by atoms with Gasteiger partial charge in [-0.05, 0) is 69.0 Å². The van der Waals surface area contributed by atoms with E-state index in [0.29, 0.717) is 12.0 Å². The van der Waals surface area contributed by atoms with E-state index in [4.69, 9.17) is 9.47 Å². The molecule has 2 heterocycles. The number of hydrogen-bond acceptors (Lipinski definition) is 5. The highest BCUT2D eigenvalue weighted by Crippen LogP contribution is 2.28. The summed E-state index contributed by atoms with van der Waals surface area (Å²) < 4.78 is 10.8. The number of aromatic nitrogens is 2. The number of nitrogens with one attached hydrogen (secondary N) is 1. The number of nitrogens with zero attached hydrogens (tertiary/aromatic N) is 3. The summed E-state index contributed by atoms with van der Waals surface area (Å²) in [6.07, 6.45) is 4.56. The Morgan fingerprint density at radius 1 is 1.20 bits per heavy atom. The van der Waals surface area contributed by atoms with Crippen molar-refractivity contribution in [2.75, 3.05) is 40.9 Å². The minimum atomic E-state index is 0.594. The van der Waals surface area contributed by atoms with E-state index in [-0.39, 0.29) is 0 Å². The van der Waals surface area contributed by atoms with Crippen LogP contribution in [0.2, 0.25) is 0 Å². The van der Waals surface area contributed by atoms with Gasteiger partial charge < -0.3 is 14.4 Å². The summed E-state index contributed by atoms with van der Waals surface area (Å²) in [5.74, 6) is 2.23. The second-order valence-electron chi connectivity index (χ2n) is 8.93. The highest BCUT2D eigenvalue weighted by Gasteiger charge is 2.23. The highest BCUT2D eigenvalue weighted by molar-refractivity contribution is 5.42. The molecule has 0 bridgehead atoms. The van der Waals surface area contributed by atoms with Crippen molar-refractivity contribution in [2.24, 2.45) is 5.92 Å². The number of benzene rings is 1. The number of H-pyrrole nitrogens is 1. The van der Waals surface area contributed by atoms with Gasteiger partial charge in [0.2, 0.25) is 0 Å². The van der Waals surface area contributed by atoms with Gasteiger partial charge >= 0.3 is 0 Å². The maximum atomic E-state index is 5.44. The molecule has 1 saturated heterocycles. The molecule has 1 N–H and O–H groups in total. The Hall–Kier alpha value is -2.05. The van der Waals surface area contributed by atoms with E-state index in [1.54, 1.807) is 14.2 Å². The monoisotopic (exact) mass is 414 g/mol. The Labute approximate surface area is 181 Å². The zero-order valence-electron chi connectivity index (χ0n) is 19.3. The van der Waals surface area contributed by atoms with Gasteiger partial charge in [0.25, 0.3) is 0 Å². The summed E-state index contributed by atoms with van der Waals surface area (Å²) in [4.78, 5) is 5.08. The third-order valence-electron chi connectivity index (χ3n) is 6.00. The lowest BCUT2D eigenvalue weighted by Gasteiger charge is -2.37. The van der Waals surface area contributed by atoms with E-state index >= 15 is 0 Å². The van der Waals surface area contributed by atoms with Gasteiger partial charge in [0.1, 0.15) is 0 Å². The molecule has 1 fully saturated rings.